The Labute approximate surface area is 220 Å². The number of aliphatic hydroxyl groups is 4. The van der Waals surface area contributed by atoms with Gasteiger partial charge in [0.2, 0.25) is 0 Å². The summed E-state index contributed by atoms with van der Waals surface area (Å²) in [5, 5.41) is 43.7. The van der Waals surface area contributed by atoms with Crippen molar-refractivity contribution in [3.05, 3.63) is 23.8 Å². The normalized spacial score (nSPS) is 45.1. The summed E-state index contributed by atoms with van der Waals surface area (Å²) in [6, 6.07) is 0. The van der Waals surface area contributed by atoms with Crippen molar-refractivity contribution in [2.45, 2.75) is 104 Å². The number of ketones is 3. The number of Topliss-reactive ketones (excluding diaryl/α,β-unsaturated/α-hetero) is 2. The number of carbonyl (C=O) groups is 3. The van der Waals surface area contributed by atoms with Gasteiger partial charge in [0, 0.05) is 23.2 Å². The van der Waals surface area contributed by atoms with Crippen molar-refractivity contribution in [2.24, 2.45) is 39.4 Å². The van der Waals surface area contributed by atoms with Crippen LogP contribution in [-0.2, 0) is 14.4 Å². The molecule has 0 aliphatic heterocycles. The van der Waals surface area contributed by atoms with Gasteiger partial charge in [-0.25, -0.2) is 0 Å². The molecule has 3 saturated carbocycles. The van der Waals surface area contributed by atoms with Crippen molar-refractivity contribution < 1.29 is 34.8 Å². The van der Waals surface area contributed by atoms with E-state index in [4.69, 9.17) is 0 Å². The van der Waals surface area contributed by atoms with Crippen LogP contribution in [0.25, 0.3) is 0 Å². The van der Waals surface area contributed by atoms with Crippen LogP contribution in [0.15, 0.2) is 23.8 Å². The Balaban J connectivity index is 1.80. The Bertz CT molecular complexity index is 1090. The smallest absolute Gasteiger partial charge is 0.187 e. The number of hydrogen-bond donors (Lipinski definition) is 4. The lowest BCUT2D eigenvalue weighted by Gasteiger charge is -2.64. The van der Waals surface area contributed by atoms with Gasteiger partial charge in [-0.05, 0) is 82.6 Å². The van der Waals surface area contributed by atoms with Gasteiger partial charge in [-0.1, -0.05) is 38.5 Å². The van der Waals surface area contributed by atoms with E-state index in [0.29, 0.717) is 12.8 Å². The van der Waals surface area contributed by atoms with E-state index in [9.17, 15) is 34.8 Å². The Kier molecular flexibility index (Phi) is 6.26. The summed E-state index contributed by atoms with van der Waals surface area (Å²) in [7, 11) is 0. The van der Waals surface area contributed by atoms with E-state index in [1.807, 2.05) is 27.7 Å². The fraction of sp³-hybridized carbons (Fsp3) is 0.767. The lowest BCUT2D eigenvalue weighted by Crippen LogP contribution is -2.65. The number of carbonyl (C=O) groups excluding carboxylic acids is 3. The van der Waals surface area contributed by atoms with Gasteiger partial charge in [0.15, 0.2) is 11.6 Å². The van der Waals surface area contributed by atoms with Crippen LogP contribution in [0.2, 0.25) is 0 Å². The average Bonchev–Trinajstić information content (AvgIpc) is 2.96. The molecule has 4 rings (SSSR count). The van der Waals surface area contributed by atoms with Gasteiger partial charge in [-0.3, -0.25) is 14.4 Å². The monoisotopic (exact) mass is 516 g/mol. The molecule has 0 unspecified atom stereocenters. The fourth-order valence-corrected chi connectivity index (χ4v) is 9.00. The molecule has 4 N–H and O–H groups in total. The SMILES string of the molecule is CC(C)(O)/C=C/C(=O)[C@@](C)(O)[C@H]1[C@@H](O)C[C@]2(C)[C@@H]3CC=C4[C@@H](C[C@H](O)C(=O)C4(C)C)[C@@]3(C)C(=O)C[C@@]12C. The van der Waals surface area contributed by atoms with Gasteiger partial charge in [0.25, 0.3) is 0 Å². The first kappa shape index (κ1) is 28.3. The van der Waals surface area contributed by atoms with E-state index in [1.165, 1.54) is 32.9 Å². The van der Waals surface area contributed by atoms with Crippen molar-refractivity contribution in [3.63, 3.8) is 0 Å². The van der Waals surface area contributed by atoms with E-state index in [2.05, 4.69) is 13.0 Å². The number of hydrogen-bond acceptors (Lipinski definition) is 7. The van der Waals surface area contributed by atoms with Crippen LogP contribution in [0.5, 0.6) is 0 Å². The number of aliphatic hydroxyl groups excluding tert-OH is 2. The Hall–Kier alpha value is -1.67. The number of allylic oxidation sites excluding steroid dienone is 2. The first-order valence-corrected chi connectivity index (χ1v) is 13.5. The molecule has 0 bridgehead atoms. The highest BCUT2D eigenvalue weighted by atomic mass is 16.3. The van der Waals surface area contributed by atoms with Crippen LogP contribution in [0, 0.1) is 39.4 Å². The largest absolute Gasteiger partial charge is 0.393 e. The lowest BCUT2D eigenvalue weighted by atomic mass is 9.38. The fourth-order valence-electron chi connectivity index (χ4n) is 9.00. The molecular formula is C30H44O7. The van der Waals surface area contributed by atoms with E-state index in [1.54, 1.807) is 0 Å². The first-order chi connectivity index (χ1) is 16.7. The highest BCUT2D eigenvalue weighted by Crippen LogP contribution is 2.74. The van der Waals surface area contributed by atoms with Crippen molar-refractivity contribution in [2.75, 3.05) is 0 Å². The molecule has 4 aliphatic carbocycles. The van der Waals surface area contributed by atoms with E-state index in [0.717, 1.165) is 5.57 Å². The molecule has 0 heterocycles. The molecule has 0 aromatic carbocycles. The predicted octanol–water partition coefficient (Wildman–Crippen LogP) is 2.93. The van der Waals surface area contributed by atoms with Crippen LogP contribution in [0.4, 0.5) is 0 Å². The topological polar surface area (TPSA) is 132 Å². The van der Waals surface area contributed by atoms with E-state index in [-0.39, 0.29) is 36.2 Å². The molecule has 9 atom stereocenters. The molecular weight excluding hydrogens is 472 g/mol. The minimum atomic E-state index is -1.95. The zero-order valence-corrected chi connectivity index (χ0v) is 23.5. The molecule has 0 radical (unpaired) electrons. The second-order valence-corrected chi connectivity index (χ2v) is 14.2. The Morgan fingerprint density at radius 2 is 1.62 bits per heavy atom. The first-order valence-electron chi connectivity index (χ1n) is 13.5. The van der Waals surface area contributed by atoms with E-state index < -0.39 is 56.8 Å². The molecule has 3 fully saturated rings. The second-order valence-electron chi connectivity index (χ2n) is 14.2. The van der Waals surface area contributed by atoms with Crippen molar-refractivity contribution in [3.8, 4) is 0 Å². The maximum Gasteiger partial charge on any atom is 0.187 e. The molecule has 0 spiro atoms. The van der Waals surface area contributed by atoms with Crippen molar-refractivity contribution in [1.82, 2.24) is 0 Å². The molecule has 7 nitrogen and oxygen atoms in total. The minimum Gasteiger partial charge on any atom is -0.393 e. The van der Waals surface area contributed by atoms with Gasteiger partial charge in [0.05, 0.1) is 11.7 Å². The van der Waals surface area contributed by atoms with Crippen LogP contribution >= 0.6 is 0 Å². The van der Waals surface area contributed by atoms with Gasteiger partial charge < -0.3 is 20.4 Å². The van der Waals surface area contributed by atoms with Gasteiger partial charge in [-0.15, -0.1) is 0 Å². The predicted molar refractivity (Wildman–Crippen MR) is 138 cm³/mol. The molecule has 37 heavy (non-hydrogen) atoms. The quantitative estimate of drug-likeness (QED) is 0.334. The highest BCUT2D eigenvalue weighted by Gasteiger charge is 2.74. The van der Waals surface area contributed by atoms with Gasteiger partial charge in [-0.2, -0.15) is 0 Å². The third-order valence-corrected chi connectivity index (χ3v) is 11.1. The summed E-state index contributed by atoms with van der Waals surface area (Å²) in [6.07, 6.45) is 3.54. The summed E-state index contributed by atoms with van der Waals surface area (Å²) in [5.74, 6) is -2.24. The third kappa shape index (κ3) is 3.71. The van der Waals surface area contributed by atoms with Gasteiger partial charge >= 0.3 is 0 Å². The van der Waals surface area contributed by atoms with Crippen LogP contribution in [-0.4, -0.2) is 61.2 Å². The summed E-state index contributed by atoms with van der Waals surface area (Å²) in [6.45, 7) is 14.0. The van der Waals surface area contributed by atoms with Crippen LogP contribution in [0.1, 0.15) is 81.1 Å². The zero-order valence-electron chi connectivity index (χ0n) is 23.5. The maximum absolute atomic E-state index is 14.2. The molecule has 4 aliphatic rings. The Morgan fingerprint density at radius 1 is 1.03 bits per heavy atom. The summed E-state index contributed by atoms with van der Waals surface area (Å²) < 4.78 is 0. The standard InChI is InChI=1S/C30H44O7/c1-25(2,36)12-11-21(33)30(8,37)23-19(32)14-27(5)20-10-9-16-17(13-18(31)24(35)26(16,3)4)29(20,7)22(34)15-28(23,27)6/h9,11-12,17-20,23,31-32,36-37H,10,13-15H2,1-8H3/b12-11+/t17-,18+,19+,20+,23+,27-,28+,29-,30-/m1/s1. The molecule has 0 aromatic rings. The van der Waals surface area contributed by atoms with Crippen LogP contribution in [0.3, 0.4) is 0 Å². The van der Waals surface area contributed by atoms with Crippen molar-refractivity contribution >= 4 is 17.3 Å². The third-order valence-electron chi connectivity index (χ3n) is 11.1. The maximum atomic E-state index is 14.2. The summed E-state index contributed by atoms with van der Waals surface area (Å²) >= 11 is 0. The molecule has 206 valence electrons. The summed E-state index contributed by atoms with van der Waals surface area (Å²) in [4.78, 5) is 40.2. The second kappa shape index (κ2) is 8.17. The number of fused-ring (bicyclic) bond motifs is 5. The number of rotatable bonds is 4. The molecule has 0 saturated heterocycles. The van der Waals surface area contributed by atoms with Crippen molar-refractivity contribution in [1.29, 1.82) is 0 Å². The van der Waals surface area contributed by atoms with Crippen LogP contribution < -0.4 is 0 Å². The highest BCUT2D eigenvalue weighted by molar-refractivity contribution is 5.98. The van der Waals surface area contributed by atoms with Gasteiger partial charge in [0.1, 0.15) is 17.5 Å². The molecule has 0 amide bonds. The molecule has 0 aromatic heterocycles. The molecule has 7 heteroatoms. The zero-order chi connectivity index (χ0) is 28.1. The summed E-state index contributed by atoms with van der Waals surface area (Å²) in [5.41, 5.74) is -5.46. The lowest BCUT2D eigenvalue weighted by molar-refractivity contribution is -0.183. The van der Waals surface area contributed by atoms with E-state index >= 15 is 0 Å². The minimum absolute atomic E-state index is 0.0141. The average molecular weight is 517 g/mol. The Morgan fingerprint density at radius 3 is 2.19 bits per heavy atom.